The van der Waals surface area contributed by atoms with Gasteiger partial charge in [-0.15, -0.1) is 0 Å². The quantitative estimate of drug-likeness (QED) is 0.925. The largest absolute Gasteiger partial charge is 0.406 e. The van der Waals surface area contributed by atoms with Crippen LogP contribution in [0.25, 0.3) is 0 Å². The summed E-state index contributed by atoms with van der Waals surface area (Å²) in [5, 5.41) is 0.442. The third-order valence-corrected chi connectivity index (χ3v) is 4.29. The van der Waals surface area contributed by atoms with Gasteiger partial charge >= 0.3 is 6.18 Å². The van der Waals surface area contributed by atoms with Gasteiger partial charge in [-0.1, -0.05) is 11.3 Å². The SMILES string of the molecule is CCN(CC(F)(F)F)c1nc2c(s1)C(N)CCC2. The van der Waals surface area contributed by atoms with Crippen LogP contribution in [0.4, 0.5) is 18.3 Å². The summed E-state index contributed by atoms with van der Waals surface area (Å²) in [6.07, 6.45) is -1.53. The highest BCUT2D eigenvalue weighted by molar-refractivity contribution is 7.15. The number of aryl methyl sites for hydroxylation is 1. The third kappa shape index (κ3) is 2.95. The van der Waals surface area contributed by atoms with Gasteiger partial charge in [0.1, 0.15) is 6.54 Å². The number of halogens is 3. The van der Waals surface area contributed by atoms with Gasteiger partial charge in [0, 0.05) is 17.5 Å². The molecule has 0 bridgehead atoms. The van der Waals surface area contributed by atoms with Gasteiger partial charge < -0.3 is 10.6 Å². The highest BCUT2D eigenvalue weighted by Crippen LogP contribution is 2.37. The normalized spacial score (nSPS) is 19.7. The molecular formula is C11H16F3N3S. The maximum absolute atomic E-state index is 12.4. The third-order valence-electron chi connectivity index (χ3n) is 3.00. The molecule has 0 spiro atoms. The second-order valence-corrected chi connectivity index (χ2v) is 5.44. The molecule has 1 atom stereocenters. The Hall–Kier alpha value is -0.820. The first-order chi connectivity index (χ1) is 8.40. The van der Waals surface area contributed by atoms with E-state index in [-0.39, 0.29) is 6.04 Å². The summed E-state index contributed by atoms with van der Waals surface area (Å²) in [5.74, 6) is 0. The number of fused-ring (bicyclic) bond motifs is 1. The van der Waals surface area contributed by atoms with Gasteiger partial charge in [0.25, 0.3) is 0 Å². The van der Waals surface area contributed by atoms with Crippen molar-refractivity contribution in [3.63, 3.8) is 0 Å². The number of nitrogens with two attached hydrogens (primary N) is 1. The molecule has 1 aliphatic carbocycles. The summed E-state index contributed by atoms with van der Waals surface area (Å²) in [7, 11) is 0. The van der Waals surface area contributed by atoms with E-state index < -0.39 is 12.7 Å². The molecule has 0 aromatic carbocycles. The molecule has 1 aromatic heterocycles. The summed E-state index contributed by atoms with van der Waals surface area (Å²) in [6.45, 7) is 1.04. The van der Waals surface area contributed by atoms with Gasteiger partial charge in [0.15, 0.2) is 5.13 Å². The van der Waals surface area contributed by atoms with Crippen LogP contribution < -0.4 is 10.6 Å². The number of nitrogens with zero attached hydrogens (tertiary/aromatic N) is 2. The fraction of sp³-hybridized carbons (Fsp3) is 0.727. The molecule has 1 heterocycles. The smallest absolute Gasteiger partial charge is 0.339 e. The molecule has 0 saturated carbocycles. The average Bonchev–Trinajstić information content (AvgIpc) is 2.70. The van der Waals surface area contributed by atoms with Crippen molar-refractivity contribution in [2.75, 3.05) is 18.0 Å². The molecule has 0 fully saturated rings. The van der Waals surface area contributed by atoms with Crippen molar-refractivity contribution < 1.29 is 13.2 Å². The van der Waals surface area contributed by atoms with E-state index in [1.807, 2.05) is 0 Å². The Morgan fingerprint density at radius 2 is 2.22 bits per heavy atom. The monoisotopic (exact) mass is 279 g/mol. The van der Waals surface area contributed by atoms with Crippen molar-refractivity contribution in [2.24, 2.45) is 5.73 Å². The molecule has 0 saturated heterocycles. The molecular weight excluding hydrogens is 263 g/mol. The molecule has 18 heavy (non-hydrogen) atoms. The van der Waals surface area contributed by atoms with Gasteiger partial charge in [0.2, 0.25) is 0 Å². The molecule has 1 unspecified atom stereocenters. The lowest BCUT2D eigenvalue weighted by Crippen LogP contribution is -2.34. The van der Waals surface area contributed by atoms with Crippen molar-refractivity contribution >= 4 is 16.5 Å². The second kappa shape index (κ2) is 5.05. The zero-order valence-corrected chi connectivity index (χ0v) is 10.9. The van der Waals surface area contributed by atoms with Crippen molar-refractivity contribution in [3.05, 3.63) is 10.6 Å². The lowest BCUT2D eigenvalue weighted by Gasteiger charge is -2.21. The number of anilines is 1. The van der Waals surface area contributed by atoms with Crippen LogP contribution in [0, 0.1) is 0 Å². The maximum Gasteiger partial charge on any atom is 0.406 e. The fourth-order valence-corrected chi connectivity index (χ4v) is 3.32. The minimum absolute atomic E-state index is 0.0652. The number of thiazole rings is 1. The highest BCUT2D eigenvalue weighted by atomic mass is 32.1. The average molecular weight is 279 g/mol. The predicted octanol–water partition coefficient (Wildman–Crippen LogP) is 2.87. The number of hydrogen-bond acceptors (Lipinski definition) is 4. The Balaban J connectivity index is 2.22. The second-order valence-electron chi connectivity index (χ2n) is 4.44. The molecule has 0 radical (unpaired) electrons. The Bertz CT molecular complexity index is 416. The van der Waals surface area contributed by atoms with Crippen LogP contribution in [0.1, 0.15) is 36.4 Å². The summed E-state index contributed by atoms with van der Waals surface area (Å²) >= 11 is 1.31. The number of rotatable bonds is 3. The molecule has 1 aromatic rings. The van der Waals surface area contributed by atoms with E-state index in [4.69, 9.17) is 5.73 Å². The molecule has 102 valence electrons. The summed E-state index contributed by atoms with van der Waals surface area (Å²) in [4.78, 5) is 6.54. The fourth-order valence-electron chi connectivity index (χ4n) is 2.11. The summed E-state index contributed by atoms with van der Waals surface area (Å²) in [6, 6.07) is -0.0652. The zero-order chi connectivity index (χ0) is 13.3. The maximum atomic E-state index is 12.4. The Kier molecular flexibility index (Phi) is 3.82. The predicted molar refractivity (Wildman–Crippen MR) is 65.9 cm³/mol. The van der Waals surface area contributed by atoms with Crippen LogP contribution >= 0.6 is 11.3 Å². The highest BCUT2D eigenvalue weighted by Gasteiger charge is 2.32. The Morgan fingerprint density at radius 1 is 1.50 bits per heavy atom. The Labute approximate surface area is 108 Å². The van der Waals surface area contributed by atoms with Crippen molar-refractivity contribution in [1.29, 1.82) is 0 Å². The van der Waals surface area contributed by atoms with Gasteiger partial charge in [-0.05, 0) is 26.2 Å². The van der Waals surface area contributed by atoms with E-state index in [1.54, 1.807) is 6.92 Å². The summed E-state index contributed by atoms with van der Waals surface area (Å²) in [5.41, 5.74) is 6.84. The van der Waals surface area contributed by atoms with Gasteiger partial charge in [-0.3, -0.25) is 0 Å². The minimum Gasteiger partial charge on any atom is -0.339 e. The molecule has 7 heteroatoms. The van der Waals surface area contributed by atoms with E-state index >= 15 is 0 Å². The molecule has 1 aliphatic rings. The summed E-state index contributed by atoms with van der Waals surface area (Å²) < 4.78 is 37.3. The van der Waals surface area contributed by atoms with Crippen LogP contribution in [-0.2, 0) is 6.42 Å². The van der Waals surface area contributed by atoms with E-state index in [0.29, 0.717) is 11.7 Å². The van der Waals surface area contributed by atoms with Crippen LogP contribution in [0.3, 0.4) is 0 Å². The minimum atomic E-state index is -4.20. The van der Waals surface area contributed by atoms with E-state index in [1.165, 1.54) is 16.2 Å². The lowest BCUT2D eigenvalue weighted by molar-refractivity contribution is -0.119. The van der Waals surface area contributed by atoms with Crippen LogP contribution in [0.5, 0.6) is 0 Å². The van der Waals surface area contributed by atoms with Gasteiger partial charge in [-0.25, -0.2) is 4.98 Å². The van der Waals surface area contributed by atoms with Crippen molar-refractivity contribution in [3.8, 4) is 0 Å². The zero-order valence-electron chi connectivity index (χ0n) is 10.1. The Morgan fingerprint density at radius 3 is 2.78 bits per heavy atom. The van der Waals surface area contributed by atoms with E-state index in [2.05, 4.69) is 4.98 Å². The molecule has 0 amide bonds. The molecule has 2 rings (SSSR count). The first-order valence-corrected chi connectivity index (χ1v) is 6.79. The molecule has 0 aliphatic heterocycles. The first-order valence-electron chi connectivity index (χ1n) is 5.97. The number of aromatic nitrogens is 1. The van der Waals surface area contributed by atoms with Crippen molar-refractivity contribution in [1.82, 2.24) is 4.98 Å². The van der Waals surface area contributed by atoms with E-state index in [0.717, 1.165) is 29.8 Å². The first kappa shape index (κ1) is 13.6. The van der Waals surface area contributed by atoms with Crippen molar-refractivity contribution in [2.45, 2.75) is 38.4 Å². The van der Waals surface area contributed by atoms with Gasteiger partial charge in [-0.2, -0.15) is 13.2 Å². The molecule has 3 nitrogen and oxygen atoms in total. The molecule has 2 N–H and O–H groups in total. The van der Waals surface area contributed by atoms with Crippen LogP contribution in [0.15, 0.2) is 0 Å². The topological polar surface area (TPSA) is 42.2 Å². The van der Waals surface area contributed by atoms with Crippen LogP contribution in [0.2, 0.25) is 0 Å². The van der Waals surface area contributed by atoms with Crippen LogP contribution in [-0.4, -0.2) is 24.2 Å². The standard InChI is InChI=1S/C11H16F3N3S/c1-2-17(6-11(12,13)14)10-16-8-5-3-4-7(15)9(8)18-10/h7H,2-6,15H2,1H3. The van der Waals surface area contributed by atoms with Gasteiger partial charge in [0.05, 0.1) is 5.69 Å². The van der Waals surface area contributed by atoms with E-state index in [9.17, 15) is 13.2 Å². The number of hydrogen-bond donors (Lipinski definition) is 1. The lowest BCUT2D eigenvalue weighted by atomic mass is 9.99. The number of alkyl halides is 3.